The van der Waals surface area contributed by atoms with Gasteiger partial charge in [-0.25, -0.2) is 0 Å². The molecule has 0 fully saturated rings. The molecule has 0 aliphatic carbocycles. The van der Waals surface area contributed by atoms with E-state index in [1.807, 2.05) is 0 Å². The normalized spacial score (nSPS) is 14.3. The molecule has 0 heterocycles. The van der Waals surface area contributed by atoms with Crippen LogP contribution in [0.25, 0.3) is 0 Å². The van der Waals surface area contributed by atoms with Crippen LogP contribution in [0.15, 0.2) is 72.8 Å². The maximum Gasteiger partial charge on any atom is 0.416 e. The summed E-state index contributed by atoms with van der Waals surface area (Å²) in [6.45, 7) is 0. The van der Waals surface area contributed by atoms with Gasteiger partial charge in [-0.2, -0.15) is 105 Å². The molecule has 25 heteroatoms. The highest BCUT2D eigenvalue weighted by Gasteiger charge is 2.56. The second kappa shape index (κ2) is 13.9. The zero-order chi connectivity index (χ0) is 43.9. The van der Waals surface area contributed by atoms with Gasteiger partial charge in [0.1, 0.15) is 28.5 Å². The zero-order valence-electron chi connectivity index (χ0n) is 26.4. The van der Waals surface area contributed by atoms with Gasteiger partial charge < -0.3 is 0 Å². The fourth-order valence-electron chi connectivity index (χ4n) is 5.42. The van der Waals surface area contributed by atoms with Crippen molar-refractivity contribution in [2.45, 2.75) is 49.4 Å². The number of halogens is 24. The van der Waals surface area contributed by atoms with Crippen molar-refractivity contribution in [2.24, 2.45) is 0 Å². The lowest BCUT2D eigenvalue weighted by Gasteiger charge is -2.31. The summed E-state index contributed by atoms with van der Waals surface area (Å²) in [6, 6.07) is -8.61. The van der Waals surface area contributed by atoms with E-state index in [0.29, 0.717) is 0 Å². The Hall–Kier alpha value is -4.37. The molecular weight excluding hydrogens is 871 g/mol. The monoisotopic (exact) mass is 883 g/mol. The van der Waals surface area contributed by atoms with Crippen molar-refractivity contribution < 1.29 is 105 Å². The van der Waals surface area contributed by atoms with Crippen LogP contribution in [0, 0.1) is 0 Å². The molecule has 0 nitrogen and oxygen atoms in total. The molecule has 0 atom stereocenters. The van der Waals surface area contributed by atoms with Gasteiger partial charge in [-0.05, 0) is 72.8 Å². The minimum atomic E-state index is -6.68. The van der Waals surface area contributed by atoms with Gasteiger partial charge in [0, 0.05) is 0 Å². The summed E-state index contributed by atoms with van der Waals surface area (Å²) < 4.78 is 341. The average molecular weight is 883 g/mol. The van der Waals surface area contributed by atoms with Gasteiger partial charge >= 0.3 is 49.4 Å². The van der Waals surface area contributed by atoms with Crippen molar-refractivity contribution in [1.82, 2.24) is 0 Å². The lowest BCUT2D eigenvalue weighted by molar-refractivity contribution is -0.144. The first-order valence-electron chi connectivity index (χ1n) is 14.4. The van der Waals surface area contributed by atoms with Gasteiger partial charge in [-0.1, -0.05) is 0 Å². The zero-order valence-corrected chi connectivity index (χ0v) is 27.3. The Kier molecular flexibility index (Phi) is 11.0. The molecule has 0 saturated carbocycles. The van der Waals surface area contributed by atoms with E-state index in [4.69, 9.17) is 0 Å². The van der Waals surface area contributed by atoms with E-state index >= 15 is 0 Å². The van der Waals surface area contributed by atoms with Crippen LogP contribution in [0.4, 0.5) is 105 Å². The first-order chi connectivity index (χ1) is 25.3. The summed E-state index contributed by atoms with van der Waals surface area (Å²) >= 11 is 0. The molecule has 4 aromatic carbocycles. The highest BCUT2D eigenvalue weighted by Crippen LogP contribution is 2.59. The van der Waals surface area contributed by atoms with Crippen LogP contribution in [-0.4, -0.2) is 0 Å². The molecular formula is C32H12F24P+. The third-order valence-corrected chi connectivity index (χ3v) is 12.0. The Morgan fingerprint density at radius 1 is 0.193 bits per heavy atom. The van der Waals surface area contributed by atoms with Crippen molar-refractivity contribution >= 4 is 28.5 Å². The van der Waals surface area contributed by atoms with E-state index in [0.717, 1.165) is 0 Å². The molecule has 0 aromatic heterocycles. The second-order valence-electron chi connectivity index (χ2n) is 11.7. The summed E-state index contributed by atoms with van der Waals surface area (Å²) in [6.07, 6.45) is -48.9. The Morgan fingerprint density at radius 2 is 0.298 bits per heavy atom. The van der Waals surface area contributed by atoms with Crippen molar-refractivity contribution in [3.63, 3.8) is 0 Å². The van der Waals surface area contributed by atoms with Crippen LogP contribution in [0.1, 0.15) is 44.5 Å². The maximum atomic E-state index is 14.2. The molecule has 312 valence electrons. The quantitative estimate of drug-likeness (QED) is 0.142. The summed E-state index contributed by atoms with van der Waals surface area (Å²) in [5, 5.41) is -8.73. The van der Waals surface area contributed by atoms with Crippen LogP contribution in [0.2, 0.25) is 0 Å². The number of hydrogen-bond donors (Lipinski definition) is 0. The van der Waals surface area contributed by atoms with Crippen LogP contribution in [-0.2, 0) is 49.4 Å². The number of alkyl halides is 24. The molecule has 57 heavy (non-hydrogen) atoms. The molecule has 0 N–H and O–H groups in total. The van der Waals surface area contributed by atoms with Crippen LogP contribution in [0.5, 0.6) is 0 Å². The topological polar surface area (TPSA) is 0 Å². The van der Waals surface area contributed by atoms with E-state index < -0.39 is 195 Å². The minimum absolute atomic E-state index is 0.669. The molecule has 0 unspecified atom stereocenters. The summed E-state index contributed by atoms with van der Waals surface area (Å²) in [4.78, 5) is 0. The van der Waals surface area contributed by atoms with Crippen molar-refractivity contribution in [1.29, 1.82) is 0 Å². The smallest absolute Gasteiger partial charge is 0.166 e. The second-order valence-corrected chi connectivity index (χ2v) is 15.1. The maximum absolute atomic E-state index is 14.2. The summed E-state index contributed by atoms with van der Waals surface area (Å²) in [5.41, 5.74) is -21.2. The van der Waals surface area contributed by atoms with Gasteiger partial charge in [0.25, 0.3) is 0 Å². The average Bonchev–Trinajstić information content (AvgIpc) is 3.01. The Labute approximate surface area is 301 Å². The predicted octanol–water partition coefficient (Wildman–Crippen LogP) is 12.5. The Morgan fingerprint density at radius 3 is 0.386 bits per heavy atom. The van der Waals surface area contributed by atoms with Gasteiger partial charge in [0.2, 0.25) is 0 Å². The SMILES string of the molecule is FC(F)(F)c1cc(C(F)(F)F)cc([P+](c2cc(C(F)(F)F)cc(C(F)(F)F)c2)(c2cc(C(F)(F)F)cc(C(F)(F)F)c2)c2cc(C(F)(F)F)cc(C(F)(F)F)c2)c1. The number of rotatable bonds is 4. The Bertz CT molecular complexity index is 1700. The van der Waals surface area contributed by atoms with Crippen molar-refractivity contribution in [3.05, 3.63) is 117 Å². The Balaban J connectivity index is 2.62. The van der Waals surface area contributed by atoms with E-state index in [1.165, 1.54) is 0 Å². The highest BCUT2D eigenvalue weighted by atomic mass is 31.2. The van der Waals surface area contributed by atoms with E-state index in [2.05, 4.69) is 0 Å². The largest absolute Gasteiger partial charge is 0.416 e. The van der Waals surface area contributed by atoms with Crippen LogP contribution >= 0.6 is 7.26 Å². The van der Waals surface area contributed by atoms with Gasteiger partial charge in [-0.3, -0.25) is 0 Å². The van der Waals surface area contributed by atoms with Crippen LogP contribution in [0.3, 0.4) is 0 Å². The highest BCUT2D eigenvalue weighted by molar-refractivity contribution is 8.01. The standard InChI is InChI=1S/C32H12F24P/c33-25(34,35)13-1-14(26(36,37)38)6-21(5-13)57(22-7-15(27(39,40)41)2-16(8-22)28(42,43)44,23-9-17(29(45,46)47)3-18(10-23)30(48,49)50)24-11-19(31(51,52)53)4-20(12-24)32(54,55)56/h1-12H/q+1. The lowest BCUT2D eigenvalue weighted by Crippen LogP contribution is -2.42. The van der Waals surface area contributed by atoms with Gasteiger partial charge in [-0.15, -0.1) is 0 Å². The minimum Gasteiger partial charge on any atom is -0.166 e. The molecule has 0 bridgehead atoms. The first-order valence-corrected chi connectivity index (χ1v) is 16.1. The summed E-state index contributed by atoms with van der Waals surface area (Å²) in [7, 11) is -6.68. The third kappa shape index (κ3) is 9.51. The molecule has 0 aliphatic heterocycles. The predicted molar refractivity (Wildman–Crippen MR) is 151 cm³/mol. The third-order valence-electron chi connectivity index (χ3n) is 7.84. The lowest BCUT2D eigenvalue weighted by atomic mass is 10.1. The van der Waals surface area contributed by atoms with Crippen molar-refractivity contribution in [3.8, 4) is 0 Å². The molecule has 4 rings (SSSR count). The molecule has 0 radical (unpaired) electrons. The van der Waals surface area contributed by atoms with E-state index in [-0.39, 0.29) is 0 Å². The molecule has 0 aliphatic rings. The van der Waals surface area contributed by atoms with Gasteiger partial charge in [0.05, 0.1) is 44.5 Å². The fourth-order valence-corrected chi connectivity index (χ4v) is 9.87. The van der Waals surface area contributed by atoms with Gasteiger partial charge in [0.15, 0.2) is 0 Å². The molecule has 0 amide bonds. The first kappa shape index (κ1) is 45.3. The van der Waals surface area contributed by atoms with Crippen LogP contribution < -0.4 is 21.2 Å². The summed E-state index contributed by atoms with van der Waals surface area (Å²) in [5.74, 6) is 0. The molecule has 0 saturated heterocycles. The fraction of sp³-hybridized carbons (Fsp3) is 0.250. The molecule has 0 spiro atoms. The van der Waals surface area contributed by atoms with E-state index in [9.17, 15) is 105 Å². The molecule has 4 aromatic rings. The van der Waals surface area contributed by atoms with Crippen molar-refractivity contribution in [2.75, 3.05) is 0 Å². The number of benzene rings is 4. The van der Waals surface area contributed by atoms with E-state index in [1.54, 1.807) is 0 Å². The number of hydrogen-bond acceptors (Lipinski definition) is 0.